The van der Waals surface area contributed by atoms with Crippen LogP contribution in [-0.2, 0) is 6.54 Å². The molecule has 0 aromatic carbocycles. The van der Waals surface area contributed by atoms with Crippen molar-refractivity contribution in [1.29, 1.82) is 0 Å². The summed E-state index contributed by atoms with van der Waals surface area (Å²) in [6.07, 6.45) is 3.23. The van der Waals surface area contributed by atoms with Crippen molar-refractivity contribution in [2.75, 3.05) is 31.1 Å². The lowest BCUT2D eigenvalue weighted by Crippen LogP contribution is -2.46. The van der Waals surface area contributed by atoms with Gasteiger partial charge >= 0.3 is 5.69 Å². The summed E-state index contributed by atoms with van der Waals surface area (Å²) in [4.78, 5) is 23.6. The van der Waals surface area contributed by atoms with E-state index in [0.717, 1.165) is 25.3 Å². The Labute approximate surface area is 152 Å². The van der Waals surface area contributed by atoms with E-state index in [-0.39, 0.29) is 5.69 Å². The number of aromatic nitrogens is 2. The van der Waals surface area contributed by atoms with E-state index in [2.05, 4.69) is 30.8 Å². The van der Waals surface area contributed by atoms with E-state index in [4.69, 9.17) is 11.6 Å². The second kappa shape index (κ2) is 7.42. The molecule has 7 nitrogen and oxygen atoms in total. The average molecular weight is 413 g/mol. The van der Waals surface area contributed by atoms with E-state index >= 15 is 0 Å². The third-order valence-corrected chi connectivity index (χ3v) is 4.51. The van der Waals surface area contributed by atoms with Gasteiger partial charge in [0.25, 0.3) is 0 Å². The van der Waals surface area contributed by atoms with Gasteiger partial charge in [-0.3, -0.25) is 20.0 Å². The minimum Gasteiger partial charge on any atom is -0.348 e. The number of rotatable bonds is 4. The third kappa shape index (κ3) is 4.00. The first-order valence-corrected chi connectivity index (χ1v) is 8.57. The van der Waals surface area contributed by atoms with Gasteiger partial charge in [-0.05, 0) is 28.1 Å². The van der Waals surface area contributed by atoms with E-state index in [1.165, 1.54) is 6.07 Å². The number of hydrogen-bond donors (Lipinski definition) is 0. The molecule has 0 bridgehead atoms. The minimum atomic E-state index is -0.392. The Hall–Kier alpha value is -1.77. The van der Waals surface area contributed by atoms with Gasteiger partial charge in [0, 0.05) is 55.7 Å². The standard InChI is InChI=1S/C15H15BrClN5O2/c16-11-7-14(22(23)24)15(19-8-11)21-5-3-20(4-6-21)10-13-2-1-12(17)9-18-13/h1-2,7-9H,3-6,10H2. The van der Waals surface area contributed by atoms with Crippen molar-refractivity contribution in [3.8, 4) is 0 Å². The lowest BCUT2D eigenvalue weighted by Gasteiger charge is -2.34. The highest BCUT2D eigenvalue weighted by molar-refractivity contribution is 9.10. The van der Waals surface area contributed by atoms with Crippen molar-refractivity contribution in [1.82, 2.24) is 14.9 Å². The van der Waals surface area contributed by atoms with Crippen LogP contribution < -0.4 is 4.90 Å². The molecule has 1 fully saturated rings. The highest BCUT2D eigenvalue weighted by Gasteiger charge is 2.25. The van der Waals surface area contributed by atoms with Gasteiger partial charge in [0.15, 0.2) is 0 Å². The fourth-order valence-corrected chi connectivity index (χ4v) is 3.08. The summed E-state index contributed by atoms with van der Waals surface area (Å²) in [5.41, 5.74) is 0.984. The number of nitrogens with zero attached hydrogens (tertiary/aromatic N) is 5. The molecular weight excluding hydrogens is 398 g/mol. The van der Waals surface area contributed by atoms with Gasteiger partial charge in [0.05, 0.1) is 15.6 Å². The molecule has 0 N–H and O–H groups in total. The van der Waals surface area contributed by atoms with E-state index in [0.29, 0.717) is 28.4 Å². The fraction of sp³-hybridized carbons (Fsp3) is 0.333. The number of nitro groups is 1. The Morgan fingerprint density at radius 2 is 1.96 bits per heavy atom. The van der Waals surface area contributed by atoms with Crippen molar-refractivity contribution >= 4 is 39.0 Å². The van der Waals surface area contributed by atoms with Gasteiger partial charge in [-0.2, -0.15) is 0 Å². The molecule has 0 aliphatic carbocycles. The smallest absolute Gasteiger partial charge is 0.312 e. The zero-order valence-corrected chi connectivity index (χ0v) is 15.1. The lowest BCUT2D eigenvalue weighted by atomic mass is 10.2. The van der Waals surface area contributed by atoms with Gasteiger partial charge in [-0.1, -0.05) is 11.6 Å². The number of hydrogen-bond acceptors (Lipinski definition) is 6. The highest BCUT2D eigenvalue weighted by atomic mass is 79.9. The number of piperazine rings is 1. The topological polar surface area (TPSA) is 75.4 Å². The summed E-state index contributed by atoms with van der Waals surface area (Å²) < 4.78 is 0.602. The van der Waals surface area contributed by atoms with Crippen molar-refractivity contribution in [2.45, 2.75) is 6.54 Å². The summed E-state index contributed by atoms with van der Waals surface area (Å²) in [6.45, 7) is 3.69. The Morgan fingerprint density at radius 1 is 1.21 bits per heavy atom. The number of anilines is 1. The van der Waals surface area contributed by atoms with Crippen LogP contribution in [0.25, 0.3) is 0 Å². The van der Waals surface area contributed by atoms with Crippen molar-refractivity contribution < 1.29 is 4.92 Å². The quantitative estimate of drug-likeness (QED) is 0.567. The van der Waals surface area contributed by atoms with Crippen LogP contribution in [0, 0.1) is 10.1 Å². The molecule has 0 amide bonds. The largest absolute Gasteiger partial charge is 0.348 e. The first kappa shape index (κ1) is 17.1. The van der Waals surface area contributed by atoms with E-state index in [1.807, 2.05) is 17.0 Å². The molecule has 0 atom stereocenters. The van der Waals surface area contributed by atoms with Crippen LogP contribution in [0.4, 0.5) is 11.5 Å². The minimum absolute atomic E-state index is 0.0252. The number of pyridine rings is 2. The Morgan fingerprint density at radius 3 is 2.58 bits per heavy atom. The molecule has 1 aliphatic heterocycles. The van der Waals surface area contributed by atoms with Gasteiger partial charge in [0.1, 0.15) is 0 Å². The molecular formula is C15H15BrClN5O2. The molecule has 3 rings (SSSR count). The van der Waals surface area contributed by atoms with Gasteiger partial charge < -0.3 is 4.90 Å². The normalized spacial score (nSPS) is 15.5. The predicted molar refractivity (Wildman–Crippen MR) is 95.3 cm³/mol. The first-order valence-electron chi connectivity index (χ1n) is 7.40. The van der Waals surface area contributed by atoms with Gasteiger partial charge in [-0.25, -0.2) is 4.98 Å². The maximum absolute atomic E-state index is 11.2. The van der Waals surface area contributed by atoms with E-state index in [9.17, 15) is 10.1 Å². The molecule has 9 heteroatoms. The summed E-state index contributed by atoms with van der Waals surface area (Å²) in [7, 11) is 0. The molecule has 0 radical (unpaired) electrons. The van der Waals surface area contributed by atoms with Crippen LogP contribution in [-0.4, -0.2) is 46.0 Å². The zero-order valence-electron chi connectivity index (χ0n) is 12.7. The van der Waals surface area contributed by atoms with Crippen molar-refractivity contribution in [3.63, 3.8) is 0 Å². The fourth-order valence-electron chi connectivity index (χ4n) is 2.65. The van der Waals surface area contributed by atoms with Crippen LogP contribution in [0.1, 0.15) is 5.69 Å². The summed E-state index contributed by atoms with van der Waals surface area (Å²) in [6, 6.07) is 5.23. The van der Waals surface area contributed by atoms with Crippen molar-refractivity contribution in [3.05, 3.63) is 55.9 Å². The molecule has 2 aromatic rings. The number of halogens is 2. The second-order valence-electron chi connectivity index (χ2n) is 5.48. The van der Waals surface area contributed by atoms with Crippen LogP contribution in [0.3, 0.4) is 0 Å². The van der Waals surface area contributed by atoms with Gasteiger partial charge in [-0.15, -0.1) is 0 Å². The summed E-state index contributed by atoms with van der Waals surface area (Å²) in [5.74, 6) is 0.424. The molecule has 0 spiro atoms. The average Bonchev–Trinajstić information content (AvgIpc) is 2.58. The summed E-state index contributed by atoms with van der Waals surface area (Å²) in [5, 5.41) is 11.9. The molecule has 2 aromatic heterocycles. The van der Waals surface area contributed by atoms with Crippen molar-refractivity contribution in [2.24, 2.45) is 0 Å². The SMILES string of the molecule is O=[N+]([O-])c1cc(Br)cnc1N1CCN(Cc2ccc(Cl)cn2)CC1. The Balaban J connectivity index is 1.65. The molecule has 0 saturated carbocycles. The van der Waals surface area contributed by atoms with Crippen LogP contribution in [0.15, 0.2) is 35.1 Å². The lowest BCUT2D eigenvalue weighted by molar-refractivity contribution is -0.384. The second-order valence-corrected chi connectivity index (χ2v) is 6.84. The van der Waals surface area contributed by atoms with Crippen LogP contribution >= 0.6 is 27.5 Å². The molecule has 1 saturated heterocycles. The molecule has 3 heterocycles. The van der Waals surface area contributed by atoms with E-state index in [1.54, 1.807) is 12.4 Å². The third-order valence-electron chi connectivity index (χ3n) is 3.86. The Bertz CT molecular complexity index is 735. The first-order chi connectivity index (χ1) is 11.5. The Kier molecular flexibility index (Phi) is 5.27. The summed E-state index contributed by atoms with van der Waals surface area (Å²) >= 11 is 9.07. The zero-order chi connectivity index (χ0) is 17.1. The molecule has 1 aliphatic rings. The predicted octanol–water partition coefficient (Wildman–Crippen LogP) is 3.12. The van der Waals surface area contributed by atoms with Crippen LogP contribution in [0.2, 0.25) is 5.02 Å². The van der Waals surface area contributed by atoms with Crippen LogP contribution in [0.5, 0.6) is 0 Å². The highest BCUT2D eigenvalue weighted by Crippen LogP contribution is 2.29. The molecule has 126 valence electrons. The van der Waals surface area contributed by atoms with Gasteiger partial charge in [0.2, 0.25) is 5.82 Å². The maximum atomic E-state index is 11.2. The molecule has 0 unspecified atom stereocenters. The van der Waals surface area contributed by atoms with E-state index < -0.39 is 4.92 Å². The monoisotopic (exact) mass is 411 g/mol. The maximum Gasteiger partial charge on any atom is 0.312 e. The molecule has 24 heavy (non-hydrogen) atoms.